The van der Waals surface area contributed by atoms with Gasteiger partial charge in [0, 0.05) is 30.5 Å². The molecule has 21 heavy (non-hydrogen) atoms. The molecule has 1 atom stereocenters. The molecule has 0 saturated carbocycles. The fraction of sp³-hybridized carbons (Fsp3) is 0.538. The summed E-state index contributed by atoms with van der Waals surface area (Å²) >= 11 is 3.16. The van der Waals surface area contributed by atoms with Crippen LogP contribution in [0, 0.1) is 0 Å². The number of pyridine rings is 1. The van der Waals surface area contributed by atoms with E-state index in [0.717, 1.165) is 16.5 Å². The summed E-state index contributed by atoms with van der Waals surface area (Å²) in [5, 5.41) is 0.122. The number of carbonyl (C=O) groups is 1. The van der Waals surface area contributed by atoms with Crippen molar-refractivity contribution in [1.29, 1.82) is 0 Å². The zero-order chi connectivity index (χ0) is 15.5. The quantitative estimate of drug-likeness (QED) is 0.774. The van der Waals surface area contributed by atoms with Crippen LogP contribution in [-0.4, -0.2) is 59.6 Å². The van der Waals surface area contributed by atoms with Crippen molar-refractivity contribution in [3.8, 4) is 0 Å². The molecule has 116 valence electrons. The van der Waals surface area contributed by atoms with Crippen molar-refractivity contribution in [3.05, 3.63) is 23.9 Å². The lowest BCUT2D eigenvalue weighted by Gasteiger charge is -2.34. The lowest BCUT2D eigenvalue weighted by molar-refractivity contribution is 0.0749. The summed E-state index contributed by atoms with van der Waals surface area (Å²) in [7, 11) is -3.29. The smallest absolute Gasteiger partial charge is 0.256 e. The first-order chi connectivity index (χ1) is 9.93. The van der Waals surface area contributed by atoms with Gasteiger partial charge >= 0.3 is 0 Å². The maximum absolute atomic E-state index is 12.5. The molecule has 0 radical (unpaired) electrons. The molecule has 1 saturated heterocycles. The van der Waals surface area contributed by atoms with Gasteiger partial charge in [-0.15, -0.1) is 11.8 Å². The van der Waals surface area contributed by atoms with Crippen molar-refractivity contribution in [2.24, 2.45) is 0 Å². The largest absolute Gasteiger partial charge is 0.320 e. The van der Waals surface area contributed by atoms with Gasteiger partial charge in [-0.2, -0.15) is 11.8 Å². The van der Waals surface area contributed by atoms with E-state index in [1.807, 2.05) is 6.92 Å². The molecule has 0 bridgehead atoms. The van der Waals surface area contributed by atoms with E-state index in [2.05, 4.69) is 4.98 Å². The Morgan fingerprint density at radius 1 is 1.52 bits per heavy atom. The Morgan fingerprint density at radius 2 is 2.29 bits per heavy atom. The summed E-state index contributed by atoms with van der Waals surface area (Å²) in [6.07, 6.45) is 2.71. The predicted molar refractivity (Wildman–Crippen MR) is 87.6 cm³/mol. The molecule has 2 rings (SSSR count). The maximum Gasteiger partial charge on any atom is 0.256 e. The maximum atomic E-state index is 12.5. The molecule has 0 aromatic carbocycles. The van der Waals surface area contributed by atoms with Gasteiger partial charge in [0.1, 0.15) is 5.37 Å². The number of nitrogens with zero attached hydrogens (tertiary/aromatic N) is 2. The van der Waals surface area contributed by atoms with Gasteiger partial charge in [0.05, 0.1) is 10.6 Å². The van der Waals surface area contributed by atoms with E-state index in [1.54, 1.807) is 35.7 Å². The molecule has 0 N–H and O–H groups in total. The first-order valence-electron chi connectivity index (χ1n) is 6.60. The second-order valence-electron chi connectivity index (χ2n) is 4.68. The van der Waals surface area contributed by atoms with E-state index in [4.69, 9.17) is 0 Å². The molecule has 2 heterocycles. The minimum absolute atomic E-state index is 0.258. The number of rotatable bonds is 4. The number of sulfone groups is 1. The minimum atomic E-state index is -3.29. The van der Waals surface area contributed by atoms with Crippen LogP contribution in [0.3, 0.4) is 0 Å². The highest BCUT2D eigenvalue weighted by atomic mass is 32.2. The highest BCUT2D eigenvalue weighted by molar-refractivity contribution is 8.01. The van der Waals surface area contributed by atoms with Crippen molar-refractivity contribution in [2.45, 2.75) is 17.3 Å². The molecule has 1 amide bonds. The van der Waals surface area contributed by atoms with Gasteiger partial charge in [-0.1, -0.05) is 6.92 Å². The van der Waals surface area contributed by atoms with Crippen molar-refractivity contribution in [2.75, 3.05) is 30.1 Å². The van der Waals surface area contributed by atoms with Gasteiger partial charge < -0.3 is 4.90 Å². The number of thioether (sulfide) groups is 2. The predicted octanol–water partition coefficient (Wildman–Crippen LogP) is 1.75. The molecule has 1 aromatic heterocycles. The van der Waals surface area contributed by atoms with Gasteiger partial charge in [-0.3, -0.25) is 4.79 Å². The lowest BCUT2D eigenvalue weighted by Crippen LogP contribution is -2.49. The molecule has 0 spiro atoms. The molecule has 1 aliphatic heterocycles. The van der Waals surface area contributed by atoms with E-state index in [-0.39, 0.29) is 5.91 Å². The fourth-order valence-corrected chi connectivity index (χ4v) is 5.48. The molecule has 0 aliphatic carbocycles. The molecule has 8 heteroatoms. The van der Waals surface area contributed by atoms with E-state index >= 15 is 0 Å². The molecule has 5 nitrogen and oxygen atoms in total. The molecule has 0 unspecified atom stereocenters. The van der Waals surface area contributed by atoms with Crippen molar-refractivity contribution >= 4 is 39.3 Å². The zero-order valence-corrected chi connectivity index (χ0v) is 14.4. The summed E-state index contributed by atoms with van der Waals surface area (Å²) in [5.41, 5.74) is 0.441. The normalized spacial score (nSPS) is 19.5. The van der Waals surface area contributed by atoms with Crippen LogP contribution in [0.25, 0.3) is 0 Å². The second-order valence-corrected chi connectivity index (χ2v) is 9.31. The van der Waals surface area contributed by atoms with Crippen LogP contribution in [0.1, 0.15) is 17.3 Å². The molecular formula is C13H18N2O3S3. The fourth-order valence-electron chi connectivity index (χ4n) is 2.07. The first-order valence-corrected chi connectivity index (χ1v) is 10.7. The topological polar surface area (TPSA) is 67.3 Å². The third kappa shape index (κ3) is 4.14. The van der Waals surface area contributed by atoms with E-state index in [0.29, 0.717) is 17.9 Å². The Kier molecular flexibility index (Phi) is 5.56. The third-order valence-corrected chi connectivity index (χ3v) is 6.58. The average molecular weight is 346 g/mol. The Bertz CT molecular complexity index is 602. The van der Waals surface area contributed by atoms with Crippen molar-refractivity contribution in [3.63, 3.8) is 0 Å². The van der Waals surface area contributed by atoms with E-state index in [9.17, 15) is 13.2 Å². The van der Waals surface area contributed by atoms with Crippen molar-refractivity contribution < 1.29 is 13.2 Å². The molecule has 1 aromatic rings. The van der Waals surface area contributed by atoms with Gasteiger partial charge in [0.15, 0.2) is 9.84 Å². The van der Waals surface area contributed by atoms with Gasteiger partial charge in [-0.05, 0) is 17.9 Å². The molecular weight excluding hydrogens is 328 g/mol. The highest BCUT2D eigenvalue weighted by Gasteiger charge is 2.34. The first kappa shape index (κ1) is 16.6. The number of hydrogen-bond donors (Lipinski definition) is 0. The SMILES string of the molecule is CCSc1ccc(C(=O)N2CCSC[C@@H]2S(C)(=O)=O)cn1. The Morgan fingerprint density at radius 3 is 2.86 bits per heavy atom. The van der Waals surface area contributed by atoms with Crippen molar-refractivity contribution in [1.82, 2.24) is 9.88 Å². The van der Waals surface area contributed by atoms with Gasteiger partial charge in [0.25, 0.3) is 5.91 Å². The minimum Gasteiger partial charge on any atom is -0.320 e. The Balaban J connectivity index is 2.20. The third-order valence-electron chi connectivity index (χ3n) is 3.12. The zero-order valence-electron chi connectivity index (χ0n) is 12.0. The van der Waals surface area contributed by atoms with Crippen LogP contribution in [0.4, 0.5) is 0 Å². The molecule has 1 fully saturated rings. The van der Waals surface area contributed by atoms with E-state index in [1.165, 1.54) is 17.4 Å². The van der Waals surface area contributed by atoms with Crippen LogP contribution < -0.4 is 0 Å². The number of amides is 1. The highest BCUT2D eigenvalue weighted by Crippen LogP contribution is 2.23. The van der Waals surface area contributed by atoms with Crippen LogP contribution in [-0.2, 0) is 9.84 Å². The summed E-state index contributed by atoms with van der Waals surface area (Å²) in [5.74, 6) is 1.85. The van der Waals surface area contributed by atoms with Crippen LogP contribution in [0.2, 0.25) is 0 Å². The summed E-state index contributed by atoms with van der Waals surface area (Å²) < 4.78 is 23.7. The monoisotopic (exact) mass is 346 g/mol. The molecule has 1 aliphatic rings. The van der Waals surface area contributed by atoms with Crippen LogP contribution in [0.5, 0.6) is 0 Å². The van der Waals surface area contributed by atoms with Crippen LogP contribution >= 0.6 is 23.5 Å². The number of aromatic nitrogens is 1. The van der Waals surface area contributed by atoms with Gasteiger partial charge in [0.2, 0.25) is 0 Å². The average Bonchev–Trinajstić information content (AvgIpc) is 2.47. The Hall–Kier alpha value is -0.730. The standard InChI is InChI=1S/C13H18N2O3S3/c1-3-20-11-5-4-10(8-14-11)13(16)15-6-7-19-9-12(15)21(2,17)18/h4-5,8,12H,3,6-7,9H2,1-2H3/t12-/m0/s1. The Labute approximate surface area is 133 Å². The number of hydrogen-bond acceptors (Lipinski definition) is 6. The van der Waals surface area contributed by atoms with Gasteiger partial charge in [-0.25, -0.2) is 13.4 Å². The summed E-state index contributed by atoms with van der Waals surface area (Å²) in [4.78, 5) is 18.2. The summed E-state index contributed by atoms with van der Waals surface area (Å²) in [6.45, 7) is 2.49. The lowest BCUT2D eigenvalue weighted by atomic mass is 10.2. The number of carbonyl (C=O) groups excluding carboxylic acids is 1. The van der Waals surface area contributed by atoms with Crippen LogP contribution in [0.15, 0.2) is 23.4 Å². The van der Waals surface area contributed by atoms with E-state index < -0.39 is 15.2 Å². The second kappa shape index (κ2) is 7.02. The summed E-state index contributed by atoms with van der Waals surface area (Å²) in [6, 6.07) is 3.52.